The van der Waals surface area contributed by atoms with Gasteiger partial charge in [-0.15, -0.1) is 0 Å². The van der Waals surface area contributed by atoms with Crippen LogP contribution in [-0.2, 0) is 25.8 Å². The highest BCUT2D eigenvalue weighted by Crippen LogP contribution is 2.64. The number of amides is 4. The van der Waals surface area contributed by atoms with Crippen molar-refractivity contribution in [3.63, 3.8) is 0 Å². The van der Waals surface area contributed by atoms with Crippen LogP contribution in [0.5, 0.6) is 11.5 Å². The molecule has 4 aliphatic rings. The summed E-state index contributed by atoms with van der Waals surface area (Å²) in [5.74, 6) is -5.61. The summed E-state index contributed by atoms with van der Waals surface area (Å²) in [6, 6.07) is 18.1. The number of anilines is 1. The van der Waals surface area contributed by atoms with E-state index in [2.05, 4.69) is 5.32 Å². The molecule has 3 aromatic rings. The molecule has 0 radical (unpaired) electrons. The number of nitrogens with one attached hydrogen (secondary N) is 1. The summed E-state index contributed by atoms with van der Waals surface area (Å²) in [4.78, 5) is 55.2. The first-order valence-corrected chi connectivity index (χ1v) is 14.8. The van der Waals surface area contributed by atoms with Crippen molar-refractivity contribution in [1.82, 2.24) is 5.32 Å². The van der Waals surface area contributed by atoms with Crippen LogP contribution in [0.3, 0.4) is 0 Å². The minimum absolute atomic E-state index is 0.125. The van der Waals surface area contributed by atoms with Gasteiger partial charge in [-0.05, 0) is 55.5 Å². The van der Waals surface area contributed by atoms with Gasteiger partial charge in [-0.25, -0.2) is 9.29 Å². The predicted molar refractivity (Wildman–Crippen MR) is 158 cm³/mol. The molecule has 3 aromatic carbocycles. The number of benzene rings is 3. The Morgan fingerprint density at radius 1 is 1.02 bits per heavy atom. The van der Waals surface area contributed by atoms with Gasteiger partial charge >= 0.3 is 0 Å². The molecule has 10 heteroatoms. The molecule has 3 fully saturated rings. The van der Waals surface area contributed by atoms with Crippen molar-refractivity contribution in [3.05, 3.63) is 100 Å². The van der Waals surface area contributed by atoms with E-state index in [1.165, 1.54) is 18.2 Å². The molecule has 7 rings (SSSR count). The van der Waals surface area contributed by atoms with Crippen LogP contribution in [0.4, 0.5) is 10.1 Å². The molecule has 4 amide bonds. The third-order valence-electron chi connectivity index (χ3n) is 9.84. The molecule has 8 nitrogen and oxygen atoms in total. The number of carbonyl (C=O) groups excluding carboxylic acids is 4. The molecular weight excluding hydrogens is 587 g/mol. The molecule has 0 aromatic heterocycles. The van der Waals surface area contributed by atoms with Gasteiger partial charge in [-0.3, -0.25) is 24.5 Å². The summed E-state index contributed by atoms with van der Waals surface area (Å²) in [6.45, 7) is 1.99. The molecule has 0 spiro atoms. The molecule has 2 aliphatic carbocycles. The van der Waals surface area contributed by atoms with Crippen LogP contribution in [0.15, 0.2) is 78.4 Å². The zero-order chi connectivity index (χ0) is 30.9. The van der Waals surface area contributed by atoms with E-state index < -0.39 is 58.5 Å². The van der Waals surface area contributed by atoms with Gasteiger partial charge in [0.15, 0.2) is 0 Å². The number of fused-ring (bicyclic) bond motifs is 4. The Labute approximate surface area is 257 Å². The van der Waals surface area contributed by atoms with Crippen molar-refractivity contribution in [2.75, 3.05) is 4.90 Å². The number of halogens is 2. The van der Waals surface area contributed by atoms with Gasteiger partial charge < -0.3 is 9.84 Å². The van der Waals surface area contributed by atoms with Crippen LogP contribution in [0.25, 0.3) is 0 Å². The normalized spacial score (nSPS) is 29.1. The quantitative estimate of drug-likeness (QED) is 0.299. The summed E-state index contributed by atoms with van der Waals surface area (Å²) in [5.41, 5.74) is 0.866. The second-order valence-corrected chi connectivity index (χ2v) is 12.5. The molecule has 2 aliphatic heterocycles. The number of aromatic hydroxyl groups is 1. The van der Waals surface area contributed by atoms with Gasteiger partial charge in [0.2, 0.25) is 23.6 Å². The largest absolute Gasteiger partial charge is 0.508 e. The molecule has 44 heavy (non-hydrogen) atoms. The average molecular weight is 615 g/mol. The minimum atomic E-state index is -1.36. The molecule has 224 valence electrons. The molecule has 6 atom stereocenters. The Morgan fingerprint density at radius 2 is 1.80 bits per heavy atom. The first kappa shape index (κ1) is 28.3. The van der Waals surface area contributed by atoms with Crippen LogP contribution in [0, 0.1) is 34.9 Å². The number of hydrogen-bond donors (Lipinski definition) is 2. The minimum Gasteiger partial charge on any atom is -0.508 e. The number of ether oxygens (including phenoxy) is 1. The van der Waals surface area contributed by atoms with Crippen LogP contribution >= 0.6 is 11.6 Å². The van der Waals surface area contributed by atoms with Crippen LogP contribution in [-0.4, -0.2) is 28.7 Å². The first-order valence-electron chi connectivity index (χ1n) is 14.5. The zero-order valence-corrected chi connectivity index (χ0v) is 24.4. The molecular formula is C34H28ClFN2O6. The van der Waals surface area contributed by atoms with E-state index in [1.807, 2.05) is 36.4 Å². The summed E-state index contributed by atoms with van der Waals surface area (Å²) in [7, 11) is 0. The maximum absolute atomic E-state index is 14.4. The van der Waals surface area contributed by atoms with E-state index in [-0.39, 0.29) is 35.4 Å². The smallest absolute Gasteiger partial charge is 0.241 e. The Bertz CT molecular complexity index is 1780. The fraction of sp³-hybridized carbons (Fsp3) is 0.294. The summed E-state index contributed by atoms with van der Waals surface area (Å²) < 4.78 is 19.9. The fourth-order valence-electron chi connectivity index (χ4n) is 7.74. The third-order valence-corrected chi connectivity index (χ3v) is 10.1. The van der Waals surface area contributed by atoms with Gasteiger partial charge in [0, 0.05) is 17.5 Å². The number of allylic oxidation sites excluding steroid dienone is 2. The van der Waals surface area contributed by atoms with Gasteiger partial charge in [0.05, 0.1) is 33.9 Å². The fourth-order valence-corrected chi connectivity index (χ4v) is 7.91. The molecule has 2 saturated heterocycles. The number of rotatable bonds is 5. The highest BCUT2D eigenvalue weighted by Gasteiger charge is 2.67. The van der Waals surface area contributed by atoms with Gasteiger partial charge in [-0.1, -0.05) is 59.6 Å². The predicted octanol–water partition coefficient (Wildman–Crippen LogP) is 5.28. The second kappa shape index (κ2) is 10.3. The van der Waals surface area contributed by atoms with E-state index in [0.717, 1.165) is 22.1 Å². The van der Waals surface area contributed by atoms with Crippen molar-refractivity contribution < 1.29 is 33.4 Å². The number of phenols is 1. The number of hydrogen-bond acceptors (Lipinski definition) is 6. The first-order chi connectivity index (χ1) is 21.1. The van der Waals surface area contributed by atoms with Crippen molar-refractivity contribution in [1.29, 1.82) is 0 Å². The highest BCUT2D eigenvalue weighted by molar-refractivity contribution is 6.31. The van der Waals surface area contributed by atoms with Crippen molar-refractivity contribution >= 4 is 40.9 Å². The lowest BCUT2D eigenvalue weighted by molar-refractivity contribution is -0.131. The SMILES string of the molecule is C[C@@]12C(=O)N(c3ccc(F)c(Cl)c3)C(=O)[C@@H]1C[C@@H]1C(=CC[C@@H]3C(=O)NC(=O)[C@@H]31)[C@@H]2c1ccc(OCc2ccccc2)cc1O. The highest BCUT2D eigenvalue weighted by atomic mass is 35.5. The number of nitrogens with zero attached hydrogens (tertiary/aromatic N) is 1. The summed E-state index contributed by atoms with van der Waals surface area (Å²) >= 11 is 6.04. The van der Waals surface area contributed by atoms with Gasteiger partial charge in [-0.2, -0.15) is 0 Å². The van der Waals surface area contributed by atoms with E-state index in [0.29, 0.717) is 17.7 Å². The Balaban J connectivity index is 1.33. The van der Waals surface area contributed by atoms with Gasteiger partial charge in [0.1, 0.15) is 23.9 Å². The third kappa shape index (κ3) is 4.17. The lowest BCUT2D eigenvalue weighted by Crippen LogP contribution is -2.48. The monoisotopic (exact) mass is 614 g/mol. The average Bonchev–Trinajstić information content (AvgIpc) is 3.41. The molecule has 1 saturated carbocycles. The van der Waals surface area contributed by atoms with E-state index in [4.69, 9.17) is 16.3 Å². The van der Waals surface area contributed by atoms with Crippen LogP contribution < -0.4 is 15.0 Å². The molecule has 2 N–H and O–H groups in total. The Hall–Kier alpha value is -4.50. The topological polar surface area (TPSA) is 113 Å². The summed E-state index contributed by atoms with van der Waals surface area (Å²) in [5, 5.41) is 13.6. The van der Waals surface area contributed by atoms with E-state index in [9.17, 15) is 28.7 Å². The van der Waals surface area contributed by atoms with Crippen molar-refractivity contribution in [2.24, 2.45) is 29.1 Å². The maximum atomic E-state index is 14.4. The number of imide groups is 2. The molecule has 0 bridgehead atoms. The zero-order valence-electron chi connectivity index (χ0n) is 23.6. The van der Waals surface area contributed by atoms with Gasteiger partial charge in [0.25, 0.3) is 0 Å². The number of phenolic OH excluding ortho intramolecular Hbond substituents is 1. The van der Waals surface area contributed by atoms with Crippen LogP contribution in [0.1, 0.15) is 36.8 Å². The van der Waals surface area contributed by atoms with Crippen LogP contribution in [0.2, 0.25) is 5.02 Å². The van der Waals surface area contributed by atoms with Crippen molar-refractivity contribution in [3.8, 4) is 11.5 Å². The second-order valence-electron chi connectivity index (χ2n) is 12.1. The summed E-state index contributed by atoms with van der Waals surface area (Å²) in [6.07, 6.45) is 2.35. The lowest BCUT2D eigenvalue weighted by atomic mass is 9.51. The maximum Gasteiger partial charge on any atom is 0.241 e. The Morgan fingerprint density at radius 3 is 2.52 bits per heavy atom. The Kier molecular flexibility index (Phi) is 6.62. The molecule has 0 unspecified atom stereocenters. The number of carbonyl (C=O) groups is 4. The van der Waals surface area contributed by atoms with Crippen molar-refractivity contribution in [2.45, 2.75) is 32.3 Å². The van der Waals surface area contributed by atoms with E-state index in [1.54, 1.807) is 19.1 Å². The molecule has 2 heterocycles. The lowest BCUT2D eigenvalue weighted by Gasteiger charge is -2.49. The van der Waals surface area contributed by atoms with E-state index >= 15 is 0 Å². The standard InChI is InChI=1S/C34H28ClFN2O6/c1-34-24(32(42)38(33(34)43)18-7-12-26(36)25(35)13-18)15-23-20(10-11-22-28(23)31(41)37-30(22)40)29(34)21-9-8-19(14-27(21)39)44-16-17-5-3-2-4-6-17/h2-10,12-14,22-24,28-29,39H,11,15-16H2,1H3,(H,37,40,41)/t22-,23+,24-,28-,29+,34+/m0/s1.